The molecule has 0 aliphatic heterocycles. The van der Waals surface area contributed by atoms with Gasteiger partial charge < -0.3 is 14.4 Å². The fourth-order valence-corrected chi connectivity index (χ4v) is 10.1. The van der Waals surface area contributed by atoms with E-state index in [0.29, 0.717) is 44.5 Å². The second kappa shape index (κ2) is 20.8. The van der Waals surface area contributed by atoms with Crippen molar-refractivity contribution in [3.63, 3.8) is 0 Å². The zero-order chi connectivity index (χ0) is 52.2. The molecule has 0 N–H and O–H groups in total. The number of carbonyl (C=O) groups is 4. The molecule has 0 aliphatic carbocycles. The first-order valence-electron chi connectivity index (χ1n) is 25.4. The SMILES string of the molecule is O=C(c1ccccc1)c1ccc(N(c2ccc(C(=O)c3ccccc3)cc2)c2ccc3c(c2)c2cc(N(c4ccc(C(=O)c5ccccc5)cc4)c4ccc(C(=O)c5ccccc5)cc4)ccc2n3-c2ccccc2)cc1. The summed E-state index contributed by atoms with van der Waals surface area (Å²) in [6.45, 7) is 0. The van der Waals surface area contributed by atoms with Gasteiger partial charge in [-0.05, 0) is 146 Å². The van der Waals surface area contributed by atoms with Crippen molar-refractivity contribution in [3.8, 4) is 5.69 Å². The molecule has 0 amide bonds. The van der Waals surface area contributed by atoms with Crippen LogP contribution in [0.15, 0.2) is 285 Å². The van der Waals surface area contributed by atoms with Crippen LogP contribution in [0.4, 0.5) is 34.1 Å². The third-order valence-electron chi connectivity index (χ3n) is 14.0. The first-order chi connectivity index (χ1) is 37.9. The van der Waals surface area contributed by atoms with Crippen molar-refractivity contribution >= 4 is 79.1 Å². The number of hydrogen-bond donors (Lipinski definition) is 0. The number of carbonyl (C=O) groups excluding carboxylic acids is 4. The van der Waals surface area contributed by atoms with Crippen molar-refractivity contribution < 1.29 is 19.2 Å². The number of nitrogens with zero attached hydrogens (tertiary/aromatic N) is 3. The molecule has 0 saturated carbocycles. The van der Waals surface area contributed by atoms with Crippen LogP contribution in [-0.2, 0) is 0 Å². The summed E-state index contributed by atoms with van der Waals surface area (Å²) < 4.78 is 2.27. The summed E-state index contributed by atoms with van der Waals surface area (Å²) in [4.78, 5) is 58.9. The van der Waals surface area contributed by atoms with Gasteiger partial charge in [-0.25, -0.2) is 0 Å². The molecule has 0 spiro atoms. The molecule has 0 fully saturated rings. The van der Waals surface area contributed by atoms with E-state index in [1.807, 2.05) is 237 Å². The monoisotopic (exact) mass is 993 g/mol. The summed E-state index contributed by atoms with van der Waals surface area (Å²) in [5.74, 6) is -0.275. The topological polar surface area (TPSA) is 79.7 Å². The Labute approximate surface area is 445 Å². The van der Waals surface area contributed by atoms with Gasteiger partial charge in [-0.1, -0.05) is 140 Å². The minimum atomic E-state index is -0.0688. The number of aromatic nitrogens is 1. The molecule has 0 bridgehead atoms. The molecular weight excluding hydrogens is 947 g/mol. The van der Waals surface area contributed by atoms with E-state index in [9.17, 15) is 19.2 Å². The van der Waals surface area contributed by atoms with Crippen LogP contribution in [0.5, 0.6) is 0 Å². The third-order valence-corrected chi connectivity index (χ3v) is 14.0. The Morgan fingerprint density at radius 1 is 0.234 bits per heavy atom. The van der Waals surface area contributed by atoms with E-state index in [1.165, 1.54) is 0 Å². The van der Waals surface area contributed by atoms with Crippen LogP contribution in [0.1, 0.15) is 63.7 Å². The molecule has 11 aromatic carbocycles. The van der Waals surface area contributed by atoms with Crippen LogP contribution >= 0.6 is 0 Å². The number of benzene rings is 11. The number of rotatable bonds is 15. The van der Waals surface area contributed by atoms with E-state index in [-0.39, 0.29) is 23.1 Å². The van der Waals surface area contributed by atoms with Crippen LogP contribution in [0, 0.1) is 0 Å². The summed E-state index contributed by atoms with van der Waals surface area (Å²) in [6.07, 6.45) is 0. The predicted molar refractivity (Wildman–Crippen MR) is 310 cm³/mol. The van der Waals surface area contributed by atoms with Gasteiger partial charge in [-0.2, -0.15) is 0 Å². The highest BCUT2D eigenvalue weighted by Crippen LogP contribution is 2.43. The molecule has 1 heterocycles. The largest absolute Gasteiger partial charge is 0.310 e. The maximum absolute atomic E-state index is 13.6. The maximum Gasteiger partial charge on any atom is 0.193 e. The average Bonchev–Trinajstić information content (AvgIpc) is 3.88. The second-order valence-corrected chi connectivity index (χ2v) is 18.7. The number of hydrogen-bond acceptors (Lipinski definition) is 6. The molecule has 7 nitrogen and oxygen atoms in total. The summed E-state index contributed by atoms with van der Waals surface area (Å²) in [7, 11) is 0. The van der Waals surface area contributed by atoms with Crippen molar-refractivity contribution in [2.24, 2.45) is 0 Å². The summed E-state index contributed by atoms with van der Waals surface area (Å²) in [6, 6.07) is 90.9. The van der Waals surface area contributed by atoms with Crippen molar-refractivity contribution in [1.29, 1.82) is 0 Å². The van der Waals surface area contributed by atoms with Gasteiger partial charge in [0.15, 0.2) is 23.1 Å². The van der Waals surface area contributed by atoms with Crippen LogP contribution in [0.2, 0.25) is 0 Å². The van der Waals surface area contributed by atoms with E-state index >= 15 is 0 Å². The lowest BCUT2D eigenvalue weighted by atomic mass is 10.0. The van der Waals surface area contributed by atoms with Gasteiger partial charge >= 0.3 is 0 Å². The van der Waals surface area contributed by atoms with Gasteiger partial charge in [0.2, 0.25) is 0 Å². The smallest absolute Gasteiger partial charge is 0.193 e. The molecule has 12 aromatic rings. The Balaban J connectivity index is 1.01. The molecule has 1 aromatic heterocycles. The highest BCUT2D eigenvalue weighted by atomic mass is 16.1. The summed E-state index contributed by atoms with van der Waals surface area (Å²) in [5.41, 5.74) is 12.7. The summed E-state index contributed by atoms with van der Waals surface area (Å²) in [5, 5.41) is 1.96. The lowest BCUT2D eigenvalue weighted by Crippen LogP contribution is -2.11. The van der Waals surface area contributed by atoms with Crippen molar-refractivity contribution in [3.05, 3.63) is 330 Å². The Morgan fingerprint density at radius 3 is 0.714 bits per heavy atom. The van der Waals surface area contributed by atoms with Gasteiger partial charge in [-0.15, -0.1) is 0 Å². The van der Waals surface area contributed by atoms with Gasteiger partial charge in [0.05, 0.1) is 11.0 Å². The molecule has 366 valence electrons. The van der Waals surface area contributed by atoms with Crippen LogP contribution in [-0.4, -0.2) is 27.7 Å². The minimum absolute atomic E-state index is 0.0688. The Kier molecular flexibility index (Phi) is 12.8. The minimum Gasteiger partial charge on any atom is -0.310 e. The Hall–Kier alpha value is -10.5. The van der Waals surface area contributed by atoms with Crippen molar-refractivity contribution in [2.75, 3.05) is 9.80 Å². The molecule has 77 heavy (non-hydrogen) atoms. The quantitative estimate of drug-likeness (QED) is 0.0952. The van der Waals surface area contributed by atoms with Crippen LogP contribution in [0.25, 0.3) is 27.5 Å². The first-order valence-corrected chi connectivity index (χ1v) is 25.4. The standard InChI is InChI=1S/C70H47N3O4/c74-67(48-16-6-1-7-17-48)52-26-34-57(35-27-52)71(58-36-28-53(29-37-58)68(75)49-18-8-2-9-19-49)61-42-44-65-63(46-61)64-47-62(43-45-66(64)73(65)56-24-14-5-15-25-56)72(59-38-30-54(31-39-59)69(76)50-20-10-3-11-21-50)60-40-32-55(33-41-60)70(77)51-22-12-4-13-23-51/h1-47H. The second-order valence-electron chi connectivity index (χ2n) is 18.7. The highest BCUT2D eigenvalue weighted by Gasteiger charge is 2.22. The first kappa shape index (κ1) is 47.5. The Bertz CT molecular complexity index is 3670. The van der Waals surface area contributed by atoms with E-state index in [0.717, 1.165) is 61.6 Å². The van der Waals surface area contributed by atoms with Gasteiger partial charge in [0, 0.05) is 95.1 Å². The lowest BCUT2D eigenvalue weighted by Gasteiger charge is -2.26. The maximum atomic E-state index is 13.6. The Morgan fingerprint density at radius 2 is 0.455 bits per heavy atom. The van der Waals surface area contributed by atoms with E-state index in [2.05, 4.69) is 62.9 Å². The number of fused-ring (bicyclic) bond motifs is 3. The summed E-state index contributed by atoms with van der Waals surface area (Å²) >= 11 is 0. The van der Waals surface area contributed by atoms with E-state index in [1.54, 1.807) is 0 Å². The molecule has 0 unspecified atom stereocenters. The van der Waals surface area contributed by atoms with E-state index in [4.69, 9.17) is 0 Å². The zero-order valence-corrected chi connectivity index (χ0v) is 41.6. The van der Waals surface area contributed by atoms with E-state index < -0.39 is 0 Å². The number of para-hydroxylation sites is 1. The van der Waals surface area contributed by atoms with Crippen molar-refractivity contribution in [2.45, 2.75) is 0 Å². The molecule has 0 aliphatic rings. The zero-order valence-electron chi connectivity index (χ0n) is 41.6. The fourth-order valence-electron chi connectivity index (χ4n) is 10.1. The number of ketones is 4. The molecule has 0 saturated heterocycles. The van der Waals surface area contributed by atoms with Crippen molar-refractivity contribution in [1.82, 2.24) is 4.57 Å². The van der Waals surface area contributed by atoms with Gasteiger partial charge in [-0.3, -0.25) is 19.2 Å². The van der Waals surface area contributed by atoms with Crippen LogP contribution in [0.3, 0.4) is 0 Å². The highest BCUT2D eigenvalue weighted by molar-refractivity contribution is 6.14. The van der Waals surface area contributed by atoms with Gasteiger partial charge in [0.1, 0.15) is 0 Å². The third kappa shape index (κ3) is 9.41. The molecular formula is C70H47N3O4. The number of anilines is 6. The van der Waals surface area contributed by atoms with Crippen LogP contribution < -0.4 is 9.80 Å². The molecule has 0 atom stereocenters. The predicted octanol–water partition coefficient (Wildman–Crippen LogP) is 16.6. The average molecular weight is 994 g/mol. The molecule has 7 heteroatoms. The lowest BCUT2D eigenvalue weighted by molar-refractivity contribution is 0.103. The molecule has 0 radical (unpaired) electrons. The van der Waals surface area contributed by atoms with Gasteiger partial charge in [0.25, 0.3) is 0 Å². The fraction of sp³-hybridized carbons (Fsp3) is 0. The molecule has 12 rings (SSSR count). The normalized spacial score (nSPS) is 11.1.